The molecule has 0 saturated heterocycles. The van der Waals surface area contributed by atoms with Gasteiger partial charge in [0.15, 0.2) is 4.60 Å². The normalized spacial score (nSPS) is 23.3. The molecule has 1 aromatic carbocycles. The summed E-state index contributed by atoms with van der Waals surface area (Å²) in [6, 6.07) is 10.6. The SMILES string of the molecule is Cn1nnc(Br)c1C(NN)C1CC1c1ccccc1. The molecule has 3 atom stereocenters. The van der Waals surface area contributed by atoms with Crippen LogP contribution >= 0.6 is 15.9 Å². The third kappa shape index (κ3) is 2.31. The lowest BCUT2D eigenvalue weighted by atomic mass is 10.0. The first-order valence-electron chi connectivity index (χ1n) is 6.28. The Morgan fingerprint density at radius 1 is 1.42 bits per heavy atom. The van der Waals surface area contributed by atoms with E-state index in [2.05, 4.69) is 55.9 Å². The second-order valence-electron chi connectivity index (χ2n) is 4.95. The molecule has 3 N–H and O–H groups in total. The predicted octanol–water partition coefficient (Wildman–Crippen LogP) is 1.89. The van der Waals surface area contributed by atoms with Crippen LogP contribution in [0.4, 0.5) is 0 Å². The molecule has 0 radical (unpaired) electrons. The van der Waals surface area contributed by atoms with Gasteiger partial charge in [-0.15, -0.1) is 5.10 Å². The smallest absolute Gasteiger partial charge is 0.153 e. The number of aryl methyl sites for hydroxylation is 1. The molecule has 1 heterocycles. The van der Waals surface area contributed by atoms with Crippen LogP contribution in [0.3, 0.4) is 0 Å². The quantitative estimate of drug-likeness (QED) is 0.666. The lowest BCUT2D eigenvalue weighted by molar-refractivity contribution is 0.453. The summed E-state index contributed by atoms with van der Waals surface area (Å²) in [5.41, 5.74) is 5.30. The zero-order chi connectivity index (χ0) is 13.4. The van der Waals surface area contributed by atoms with Gasteiger partial charge in [0.25, 0.3) is 0 Å². The van der Waals surface area contributed by atoms with Crippen molar-refractivity contribution < 1.29 is 0 Å². The minimum atomic E-state index is 0.0691. The molecule has 1 aliphatic rings. The number of rotatable bonds is 4. The molecule has 1 fully saturated rings. The molecule has 100 valence electrons. The number of hydrazine groups is 1. The Labute approximate surface area is 120 Å². The highest BCUT2D eigenvalue weighted by atomic mass is 79.9. The van der Waals surface area contributed by atoms with Crippen molar-refractivity contribution in [1.29, 1.82) is 0 Å². The monoisotopic (exact) mass is 321 g/mol. The van der Waals surface area contributed by atoms with Gasteiger partial charge < -0.3 is 0 Å². The minimum Gasteiger partial charge on any atom is -0.271 e. The molecule has 1 aliphatic carbocycles. The Bertz CT molecular complexity index is 548. The third-order valence-electron chi connectivity index (χ3n) is 3.80. The van der Waals surface area contributed by atoms with Crippen LogP contribution in [0.15, 0.2) is 34.9 Å². The van der Waals surface area contributed by atoms with Crippen LogP contribution in [-0.4, -0.2) is 15.0 Å². The third-order valence-corrected chi connectivity index (χ3v) is 4.36. The Hall–Kier alpha value is -1.24. The van der Waals surface area contributed by atoms with Crippen molar-refractivity contribution in [2.24, 2.45) is 18.8 Å². The van der Waals surface area contributed by atoms with E-state index in [0.717, 1.165) is 16.7 Å². The number of hydrogen-bond donors (Lipinski definition) is 2. The van der Waals surface area contributed by atoms with Crippen LogP contribution in [0.1, 0.15) is 29.6 Å². The minimum absolute atomic E-state index is 0.0691. The Balaban J connectivity index is 1.83. The van der Waals surface area contributed by atoms with E-state index in [1.165, 1.54) is 5.56 Å². The van der Waals surface area contributed by atoms with E-state index in [0.29, 0.717) is 11.8 Å². The molecule has 0 spiro atoms. The van der Waals surface area contributed by atoms with Gasteiger partial charge in [0.2, 0.25) is 0 Å². The number of benzene rings is 1. The van der Waals surface area contributed by atoms with Crippen molar-refractivity contribution >= 4 is 15.9 Å². The summed E-state index contributed by atoms with van der Waals surface area (Å²) in [5.74, 6) is 6.79. The maximum absolute atomic E-state index is 5.74. The molecular weight excluding hydrogens is 306 g/mol. The maximum atomic E-state index is 5.74. The molecule has 3 unspecified atom stereocenters. The molecule has 0 aliphatic heterocycles. The summed E-state index contributed by atoms with van der Waals surface area (Å²) in [4.78, 5) is 0. The Kier molecular flexibility index (Phi) is 3.38. The van der Waals surface area contributed by atoms with Gasteiger partial charge in [0.05, 0.1) is 11.7 Å². The van der Waals surface area contributed by atoms with Crippen molar-refractivity contribution in [3.8, 4) is 0 Å². The zero-order valence-electron chi connectivity index (χ0n) is 10.6. The number of hydrogen-bond acceptors (Lipinski definition) is 4. The van der Waals surface area contributed by atoms with Crippen LogP contribution in [0.5, 0.6) is 0 Å². The van der Waals surface area contributed by atoms with Gasteiger partial charge in [-0.05, 0) is 39.8 Å². The van der Waals surface area contributed by atoms with Crippen molar-refractivity contribution in [2.45, 2.75) is 18.4 Å². The highest BCUT2D eigenvalue weighted by Crippen LogP contribution is 2.54. The fourth-order valence-electron chi connectivity index (χ4n) is 2.74. The summed E-state index contributed by atoms with van der Waals surface area (Å²) in [6.45, 7) is 0. The molecule has 6 heteroatoms. The molecule has 3 rings (SSSR count). The molecule has 1 saturated carbocycles. The number of halogens is 1. The van der Waals surface area contributed by atoms with E-state index in [1.807, 2.05) is 13.1 Å². The molecular formula is C13H16BrN5. The second-order valence-corrected chi connectivity index (χ2v) is 5.70. The summed E-state index contributed by atoms with van der Waals surface area (Å²) in [6.07, 6.45) is 1.14. The standard InChI is InChI=1S/C13H16BrN5/c1-19-12(13(14)17-18-19)11(16-15)10-7-9(10)8-5-3-2-4-6-8/h2-6,9-11,16H,7,15H2,1H3. The molecule has 1 aromatic heterocycles. The highest BCUT2D eigenvalue weighted by Gasteiger charge is 2.45. The maximum Gasteiger partial charge on any atom is 0.153 e. The molecule has 0 amide bonds. The van der Waals surface area contributed by atoms with E-state index >= 15 is 0 Å². The van der Waals surface area contributed by atoms with E-state index in [4.69, 9.17) is 5.84 Å². The predicted molar refractivity (Wildman–Crippen MR) is 76.1 cm³/mol. The van der Waals surface area contributed by atoms with Crippen molar-refractivity contribution in [3.63, 3.8) is 0 Å². The van der Waals surface area contributed by atoms with Crippen molar-refractivity contribution in [1.82, 2.24) is 20.4 Å². The van der Waals surface area contributed by atoms with Gasteiger partial charge in [0.1, 0.15) is 0 Å². The van der Waals surface area contributed by atoms with Crippen LogP contribution in [0.25, 0.3) is 0 Å². The summed E-state index contributed by atoms with van der Waals surface area (Å²) in [7, 11) is 1.89. The van der Waals surface area contributed by atoms with Gasteiger partial charge in [-0.1, -0.05) is 35.5 Å². The van der Waals surface area contributed by atoms with E-state index in [-0.39, 0.29) is 6.04 Å². The topological polar surface area (TPSA) is 68.8 Å². The van der Waals surface area contributed by atoms with Crippen LogP contribution in [0, 0.1) is 5.92 Å². The molecule has 5 nitrogen and oxygen atoms in total. The van der Waals surface area contributed by atoms with Crippen LogP contribution in [-0.2, 0) is 7.05 Å². The first kappa shape index (κ1) is 12.8. The van der Waals surface area contributed by atoms with Gasteiger partial charge in [0, 0.05) is 7.05 Å². The van der Waals surface area contributed by atoms with E-state index in [9.17, 15) is 0 Å². The van der Waals surface area contributed by atoms with Gasteiger partial charge >= 0.3 is 0 Å². The fourth-order valence-corrected chi connectivity index (χ4v) is 3.31. The first-order valence-corrected chi connectivity index (χ1v) is 7.07. The van der Waals surface area contributed by atoms with Crippen molar-refractivity contribution in [3.05, 3.63) is 46.2 Å². The Morgan fingerprint density at radius 3 is 2.74 bits per heavy atom. The number of nitrogens with two attached hydrogens (primary N) is 1. The molecule has 0 bridgehead atoms. The largest absolute Gasteiger partial charge is 0.271 e. The zero-order valence-corrected chi connectivity index (χ0v) is 12.2. The Morgan fingerprint density at radius 2 is 2.16 bits per heavy atom. The average Bonchev–Trinajstić information content (AvgIpc) is 3.16. The number of nitrogens with one attached hydrogen (secondary N) is 1. The fraction of sp³-hybridized carbons (Fsp3) is 0.385. The van der Waals surface area contributed by atoms with Gasteiger partial charge in [-0.25, -0.2) is 4.68 Å². The summed E-state index contributed by atoms with van der Waals surface area (Å²) >= 11 is 3.44. The van der Waals surface area contributed by atoms with Crippen LogP contribution < -0.4 is 11.3 Å². The second kappa shape index (κ2) is 5.03. The first-order chi connectivity index (χ1) is 9.22. The van der Waals surface area contributed by atoms with Crippen molar-refractivity contribution in [2.75, 3.05) is 0 Å². The van der Waals surface area contributed by atoms with E-state index in [1.54, 1.807) is 4.68 Å². The molecule has 19 heavy (non-hydrogen) atoms. The highest BCUT2D eigenvalue weighted by molar-refractivity contribution is 9.10. The number of nitrogens with zero attached hydrogens (tertiary/aromatic N) is 3. The number of aromatic nitrogens is 3. The van der Waals surface area contributed by atoms with E-state index < -0.39 is 0 Å². The molecule has 2 aromatic rings. The summed E-state index contributed by atoms with van der Waals surface area (Å²) < 4.78 is 2.53. The summed E-state index contributed by atoms with van der Waals surface area (Å²) in [5, 5.41) is 8.04. The average molecular weight is 322 g/mol. The van der Waals surface area contributed by atoms with Crippen LogP contribution in [0.2, 0.25) is 0 Å². The van der Waals surface area contributed by atoms with Gasteiger partial charge in [-0.3, -0.25) is 11.3 Å². The lowest BCUT2D eigenvalue weighted by Crippen LogP contribution is -2.31. The lowest BCUT2D eigenvalue weighted by Gasteiger charge is -2.16. The van der Waals surface area contributed by atoms with Gasteiger partial charge in [-0.2, -0.15) is 0 Å².